The van der Waals surface area contributed by atoms with Gasteiger partial charge in [0.05, 0.1) is 11.4 Å². The highest BCUT2D eigenvalue weighted by Gasteiger charge is 2.16. The Morgan fingerprint density at radius 3 is 2.84 bits per heavy atom. The van der Waals surface area contributed by atoms with Crippen LogP contribution in [0.3, 0.4) is 0 Å². The number of hydrogen-bond acceptors (Lipinski definition) is 4. The van der Waals surface area contributed by atoms with E-state index in [1.807, 2.05) is 36.4 Å². The number of hydrogen-bond donors (Lipinski definition) is 1. The number of benzene rings is 2. The number of methoxy groups -OCH3 is 1. The highest BCUT2D eigenvalue weighted by atomic mass is 35.5. The Bertz CT molecular complexity index is 618. The van der Waals surface area contributed by atoms with Gasteiger partial charge in [0.15, 0.2) is 6.79 Å². The van der Waals surface area contributed by atoms with Gasteiger partial charge in [-0.1, -0.05) is 23.4 Å². The highest BCUT2D eigenvalue weighted by Crippen LogP contribution is 2.45. The van der Waals surface area contributed by atoms with E-state index < -0.39 is 0 Å². The normalized spacial score (nSPS) is 12.3. The fourth-order valence-corrected chi connectivity index (χ4v) is 3.03. The Labute approximate surface area is 120 Å². The molecule has 2 aromatic rings. The summed E-state index contributed by atoms with van der Waals surface area (Å²) in [6, 6.07) is 11.8. The maximum Gasteiger partial charge on any atom is 0.188 e. The monoisotopic (exact) mass is 293 g/mol. The summed E-state index contributed by atoms with van der Waals surface area (Å²) in [6.45, 7) is 0.253. The van der Waals surface area contributed by atoms with Gasteiger partial charge in [-0.2, -0.15) is 0 Å². The van der Waals surface area contributed by atoms with Gasteiger partial charge >= 0.3 is 0 Å². The third kappa shape index (κ3) is 2.66. The zero-order valence-electron chi connectivity index (χ0n) is 10.3. The van der Waals surface area contributed by atoms with E-state index >= 15 is 0 Å². The summed E-state index contributed by atoms with van der Waals surface area (Å²) in [7, 11) is 1.61. The second-order valence-electron chi connectivity index (χ2n) is 4.08. The van der Waals surface area contributed by atoms with Gasteiger partial charge in [-0.15, -0.1) is 0 Å². The van der Waals surface area contributed by atoms with Gasteiger partial charge in [-0.25, -0.2) is 0 Å². The maximum atomic E-state index is 6.00. The highest BCUT2D eigenvalue weighted by molar-refractivity contribution is 7.99. The average molecular weight is 294 g/mol. The van der Waals surface area contributed by atoms with E-state index in [4.69, 9.17) is 21.1 Å². The molecule has 0 saturated heterocycles. The van der Waals surface area contributed by atoms with Gasteiger partial charge in [0, 0.05) is 21.9 Å². The van der Waals surface area contributed by atoms with Crippen molar-refractivity contribution in [1.29, 1.82) is 0 Å². The summed E-state index contributed by atoms with van der Waals surface area (Å²) in [5.41, 5.74) is 2.10. The standard InChI is InChI=1S/C14H12ClNO2S/c1-17-8-18-10-3-4-11-14(7-10)19-13-5-2-9(15)6-12(13)16-11/h2-7,16H,8H2,1H3. The Morgan fingerprint density at radius 2 is 2.00 bits per heavy atom. The second-order valence-corrected chi connectivity index (χ2v) is 5.60. The molecule has 1 N–H and O–H groups in total. The lowest BCUT2D eigenvalue weighted by Gasteiger charge is -2.21. The first-order valence-corrected chi connectivity index (χ1v) is 6.96. The largest absolute Gasteiger partial charge is 0.468 e. The first-order chi connectivity index (χ1) is 9.26. The van der Waals surface area contributed by atoms with E-state index in [0.717, 1.165) is 31.9 Å². The van der Waals surface area contributed by atoms with Crippen molar-refractivity contribution in [1.82, 2.24) is 0 Å². The molecule has 0 unspecified atom stereocenters. The van der Waals surface area contributed by atoms with E-state index in [1.54, 1.807) is 18.9 Å². The molecule has 5 heteroatoms. The van der Waals surface area contributed by atoms with E-state index in [0.29, 0.717) is 0 Å². The lowest BCUT2D eigenvalue weighted by molar-refractivity contribution is 0.0510. The van der Waals surface area contributed by atoms with Crippen LogP contribution < -0.4 is 10.1 Å². The predicted molar refractivity (Wildman–Crippen MR) is 77.8 cm³/mol. The number of nitrogens with one attached hydrogen (secondary N) is 1. The molecular weight excluding hydrogens is 282 g/mol. The molecule has 0 aromatic heterocycles. The fourth-order valence-electron chi connectivity index (χ4n) is 1.86. The Balaban J connectivity index is 1.89. The molecule has 98 valence electrons. The van der Waals surface area contributed by atoms with Crippen LogP contribution in [-0.4, -0.2) is 13.9 Å². The molecule has 0 bridgehead atoms. The maximum absolute atomic E-state index is 6.00. The molecule has 3 rings (SSSR count). The number of fused-ring (bicyclic) bond motifs is 2. The molecule has 0 aliphatic carbocycles. The summed E-state index contributed by atoms with van der Waals surface area (Å²) >= 11 is 7.70. The number of rotatable bonds is 3. The van der Waals surface area contributed by atoms with Gasteiger partial charge in [0.25, 0.3) is 0 Å². The fraction of sp³-hybridized carbons (Fsp3) is 0.143. The van der Waals surface area contributed by atoms with E-state index in [9.17, 15) is 0 Å². The van der Waals surface area contributed by atoms with Gasteiger partial charge in [-0.05, 0) is 36.4 Å². The molecular formula is C14H12ClNO2S. The molecule has 0 saturated carbocycles. The molecule has 0 radical (unpaired) electrons. The second kappa shape index (κ2) is 5.33. The predicted octanol–water partition coefficient (Wildman–Crippen LogP) is 4.53. The SMILES string of the molecule is COCOc1ccc2c(c1)Sc1ccc(Cl)cc1N2. The lowest BCUT2D eigenvalue weighted by atomic mass is 10.2. The van der Waals surface area contributed by atoms with Crippen LogP contribution >= 0.6 is 23.4 Å². The van der Waals surface area contributed by atoms with Crippen LogP contribution in [0.25, 0.3) is 0 Å². The minimum Gasteiger partial charge on any atom is -0.468 e. The van der Waals surface area contributed by atoms with Gasteiger partial charge in [0.2, 0.25) is 0 Å². The quantitative estimate of drug-likeness (QED) is 0.719. The third-order valence-electron chi connectivity index (χ3n) is 2.73. The third-order valence-corrected chi connectivity index (χ3v) is 4.10. The zero-order valence-corrected chi connectivity index (χ0v) is 11.8. The molecule has 1 aliphatic heterocycles. The van der Waals surface area contributed by atoms with E-state index in [2.05, 4.69) is 5.32 Å². The van der Waals surface area contributed by atoms with Crippen molar-refractivity contribution in [3.63, 3.8) is 0 Å². The van der Waals surface area contributed by atoms with Crippen LogP contribution in [-0.2, 0) is 4.74 Å². The number of ether oxygens (including phenoxy) is 2. The lowest BCUT2D eigenvalue weighted by Crippen LogP contribution is -2.02. The summed E-state index contributed by atoms with van der Waals surface area (Å²) in [4.78, 5) is 2.28. The van der Waals surface area contributed by atoms with Crippen LogP contribution in [0.5, 0.6) is 5.75 Å². The van der Waals surface area contributed by atoms with Crippen molar-refractivity contribution in [2.45, 2.75) is 9.79 Å². The van der Waals surface area contributed by atoms with Crippen molar-refractivity contribution >= 4 is 34.7 Å². The number of halogens is 1. The molecule has 1 heterocycles. The van der Waals surface area contributed by atoms with Gasteiger partial charge < -0.3 is 14.8 Å². The number of anilines is 2. The summed E-state index contributed by atoms with van der Waals surface area (Å²) in [5, 5.41) is 4.10. The smallest absolute Gasteiger partial charge is 0.188 e. The van der Waals surface area contributed by atoms with Crippen LogP contribution in [0.1, 0.15) is 0 Å². The minimum atomic E-state index is 0.253. The topological polar surface area (TPSA) is 30.5 Å². The van der Waals surface area contributed by atoms with Crippen molar-refractivity contribution < 1.29 is 9.47 Å². The van der Waals surface area contributed by atoms with Gasteiger partial charge in [0.1, 0.15) is 5.75 Å². The van der Waals surface area contributed by atoms with Crippen LogP contribution in [0.4, 0.5) is 11.4 Å². The first-order valence-electron chi connectivity index (χ1n) is 5.76. The molecule has 19 heavy (non-hydrogen) atoms. The Morgan fingerprint density at radius 1 is 1.11 bits per heavy atom. The molecule has 3 nitrogen and oxygen atoms in total. The van der Waals surface area contributed by atoms with E-state index in [1.165, 1.54) is 0 Å². The van der Waals surface area contributed by atoms with Crippen LogP contribution in [0.2, 0.25) is 5.02 Å². The first kappa shape index (κ1) is 12.7. The molecule has 1 aliphatic rings. The van der Waals surface area contributed by atoms with Crippen molar-refractivity contribution in [2.24, 2.45) is 0 Å². The van der Waals surface area contributed by atoms with Crippen molar-refractivity contribution in [3.8, 4) is 5.75 Å². The average Bonchev–Trinajstić information content (AvgIpc) is 2.42. The summed E-state index contributed by atoms with van der Waals surface area (Å²) in [6.07, 6.45) is 0. The van der Waals surface area contributed by atoms with Crippen LogP contribution in [0, 0.1) is 0 Å². The van der Waals surface area contributed by atoms with Crippen molar-refractivity contribution in [3.05, 3.63) is 41.4 Å². The Hall–Kier alpha value is -1.36. The molecule has 0 fully saturated rings. The molecule has 2 aromatic carbocycles. The van der Waals surface area contributed by atoms with Crippen molar-refractivity contribution in [2.75, 3.05) is 19.2 Å². The molecule has 0 amide bonds. The van der Waals surface area contributed by atoms with Gasteiger partial charge in [-0.3, -0.25) is 0 Å². The summed E-state index contributed by atoms with van der Waals surface area (Å²) in [5.74, 6) is 0.798. The zero-order chi connectivity index (χ0) is 13.2. The minimum absolute atomic E-state index is 0.253. The molecule has 0 atom stereocenters. The van der Waals surface area contributed by atoms with Crippen LogP contribution in [0.15, 0.2) is 46.2 Å². The summed E-state index contributed by atoms with van der Waals surface area (Å²) < 4.78 is 10.3. The van der Waals surface area contributed by atoms with E-state index in [-0.39, 0.29) is 6.79 Å². The molecule has 0 spiro atoms. The Kier molecular flexibility index (Phi) is 3.55.